The minimum absolute atomic E-state index is 0.238. The fourth-order valence-corrected chi connectivity index (χ4v) is 2.14. The van der Waals surface area contributed by atoms with Crippen molar-refractivity contribution in [2.45, 2.75) is 44.7 Å². The zero-order valence-corrected chi connectivity index (χ0v) is 8.24. The summed E-state index contributed by atoms with van der Waals surface area (Å²) in [5.41, 5.74) is 0. The Balaban J connectivity index is 2.52. The molecule has 1 aliphatic heterocycles. The van der Waals surface area contributed by atoms with Gasteiger partial charge in [0.1, 0.15) is 0 Å². The number of rotatable bonds is 4. The van der Waals surface area contributed by atoms with E-state index >= 15 is 0 Å². The van der Waals surface area contributed by atoms with Crippen LogP contribution in [0.3, 0.4) is 0 Å². The van der Waals surface area contributed by atoms with Gasteiger partial charge in [-0.2, -0.15) is 5.26 Å². The Morgan fingerprint density at radius 1 is 1.69 bits per heavy atom. The summed E-state index contributed by atoms with van der Waals surface area (Å²) in [6, 6.07) is 2.87. The van der Waals surface area contributed by atoms with Crippen LogP contribution in [0.15, 0.2) is 0 Å². The number of hydrogen-bond donors (Lipinski definition) is 1. The summed E-state index contributed by atoms with van der Waals surface area (Å²) >= 11 is 0. The molecule has 0 amide bonds. The van der Waals surface area contributed by atoms with Crippen LogP contribution in [0.5, 0.6) is 0 Å². The van der Waals surface area contributed by atoms with Crippen LogP contribution in [0, 0.1) is 11.3 Å². The maximum absolute atomic E-state index is 9.12. The number of aliphatic hydroxyl groups excluding tert-OH is 1. The number of nitrogens with zero attached hydrogens (tertiary/aromatic N) is 2. The summed E-state index contributed by atoms with van der Waals surface area (Å²) in [7, 11) is 0. The standard InChI is InChI=1S/C10H18N2O/c1-2-9(5-6-11)12-7-3-4-10(12)8-13/h9-10,13H,2-5,7-8H2,1H3/t9?,10-/m1/s1. The Bertz CT molecular complexity index is 188. The first kappa shape index (κ1) is 10.5. The smallest absolute Gasteiger partial charge is 0.0638 e. The summed E-state index contributed by atoms with van der Waals surface area (Å²) in [6.07, 6.45) is 3.84. The molecule has 3 heteroatoms. The average Bonchev–Trinajstić information content (AvgIpc) is 2.61. The van der Waals surface area contributed by atoms with Gasteiger partial charge in [-0.15, -0.1) is 0 Å². The largest absolute Gasteiger partial charge is 0.395 e. The maximum atomic E-state index is 9.12. The van der Waals surface area contributed by atoms with E-state index in [0.29, 0.717) is 18.5 Å². The second-order valence-corrected chi connectivity index (χ2v) is 3.64. The molecule has 0 radical (unpaired) electrons. The van der Waals surface area contributed by atoms with Crippen LogP contribution in [0.4, 0.5) is 0 Å². The molecule has 1 heterocycles. The molecule has 0 aliphatic carbocycles. The lowest BCUT2D eigenvalue weighted by Crippen LogP contribution is -2.40. The van der Waals surface area contributed by atoms with Gasteiger partial charge in [0, 0.05) is 12.1 Å². The van der Waals surface area contributed by atoms with Crippen molar-refractivity contribution in [2.24, 2.45) is 0 Å². The van der Waals surface area contributed by atoms with Gasteiger partial charge < -0.3 is 5.11 Å². The Labute approximate surface area is 80.0 Å². The van der Waals surface area contributed by atoms with E-state index in [9.17, 15) is 0 Å². The first-order valence-electron chi connectivity index (χ1n) is 5.07. The Morgan fingerprint density at radius 2 is 2.46 bits per heavy atom. The van der Waals surface area contributed by atoms with E-state index in [0.717, 1.165) is 25.8 Å². The molecular weight excluding hydrogens is 164 g/mol. The molecule has 0 aromatic rings. The molecule has 1 unspecified atom stereocenters. The van der Waals surface area contributed by atoms with E-state index in [1.54, 1.807) is 0 Å². The van der Waals surface area contributed by atoms with Crippen LogP contribution in [0.2, 0.25) is 0 Å². The summed E-state index contributed by atoms with van der Waals surface area (Å²) in [4.78, 5) is 2.29. The van der Waals surface area contributed by atoms with E-state index in [-0.39, 0.29) is 6.61 Å². The predicted octanol–water partition coefficient (Wildman–Crippen LogP) is 1.14. The van der Waals surface area contributed by atoms with E-state index in [1.165, 1.54) is 0 Å². The lowest BCUT2D eigenvalue weighted by molar-refractivity contribution is 0.118. The molecule has 1 N–H and O–H groups in total. The number of likely N-dealkylation sites (tertiary alicyclic amines) is 1. The molecule has 74 valence electrons. The van der Waals surface area contributed by atoms with E-state index in [1.807, 2.05) is 0 Å². The highest BCUT2D eigenvalue weighted by atomic mass is 16.3. The third kappa shape index (κ3) is 2.43. The zero-order valence-electron chi connectivity index (χ0n) is 8.24. The summed E-state index contributed by atoms with van der Waals surface area (Å²) < 4.78 is 0. The molecule has 0 saturated carbocycles. The Hall–Kier alpha value is -0.590. The highest BCUT2D eigenvalue weighted by Crippen LogP contribution is 2.22. The normalized spacial score (nSPS) is 25.8. The molecule has 1 aliphatic rings. The van der Waals surface area contributed by atoms with Crippen molar-refractivity contribution in [3.05, 3.63) is 0 Å². The second kappa shape index (κ2) is 5.21. The van der Waals surface area contributed by atoms with Crippen molar-refractivity contribution < 1.29 is 5.11 Å². The van der Waals surface area contributed by atoms with Crippen LogP contribution in [0.1, 0.15) is 32.6 Å². The summed E-state index contributed by atoms with van der Waals surface area (Å²) in [5.74, 6) is 0. The first-order chi connectivity index (χ1) is 6.33. The topological polar surface area (TPSA) is 47.3 Å². The lowest BCUT2D eigenvalue weighted by Gasteiger charge is -2.29. The van der Waals surface area contributed by atoms with Crippen LogP contribution < -0.4 is 0 Å². The van der Waals surface area contributed by atoms with Gasteiger partial charge in [0.2, 0.25) is 0 Å². The molecule has 3 nitrogen and oxygen atoms in total. The molecule has 0 aromatic heterocycles. The molecular formula is C10H18N2O. The fourth-order valence-electron chi connectivity index (χ4n) is 2.14. The Morgan fingerprint density at radius 3 is 3.00 bits per heavy atom. The fraction of sp³-hybridized carbons (Fsp3) is 0.900. The highest BCUT2D eigenvalue weighted by Gasteiger charge is 2.28. The second-order valence-electron chi connectivity index (χ2n) is 3.64. The van der Waals surface area contributed by atoms with Gasteiger partial charge in [-0.1, -0.05) is 6.92 Å². The number of hydrogen-bond acceptors (Lipinski definition) is 3. The van der Waals surface area contributed by atoms with Crippen LogP contribution >= 0.6 is 0 Å². The molecule has 0 spiro atoms. The third-order valence-electron chi connectivity index (χ3n) is 2.90. The third-order valence-corrected chi connectivity index (χ3v) is 2.90. The molecule has 0 bridgehead atoms. The molecule has 2 atom stereocenters. The number of aliphatic hydroxyl groups is 1. The maximum Gasteiger partial charge on any atom is 0.0638 e. The quantitative estimate of drug-likeness (QED) is 0.709. The summed E-state index contributed by atoms with van der Waals surface area (Å²) in [5, 5.41) is 17.8. The van der Waals surface area contributed by atoms with Crippen molar-refractivity contribution in [3.8, 4) is 6.07 Å². The zero-order chi connectivity index (χ0) is 9.68. The predicted molar refractivity (Wildman–Crippen MR) is 51.1 cm³/mol. The van der Waals surface area contributed by atoms with Crippen LogP contribution in [-0.4, -0.2) is 35.2 Å². The lowest BCUT2D eigenvalue weighted by atomic mass is 10.1. The monoisotopic (exact) mass is 182 g/mol. The number of nitriles is 1. The van der Waals surface area contributed by atoms with Gasteiger partial charge in [0.25, 0.3) is 0 Å². The van der Waals surface area contributed by atoms with E-state index < -0.39 is 0 Å². The van der Waals surface area contributed by atoms with Crippen molar-refractivity contribution in [1.82, 2.24) is 4.90 Å². The average molecular weight is 182 g/mol. The minimum Gasteiger partial charge on any atom is -0.395 e. The van der Waals surface area contributed by atoms with E-state index in [2.05, 4.69) is 17.9 Å². The molecule has 1 fully saturated rings. The minimum atomic E-state index is 0.238. The first-order valence-corrected chi connectivity index (χ1v) is 5.07. The molecule has 1 rings (SSSR count). The van der Waals surface area contributed by atoms with Crippen molar-refractivity contribution in [3.63, 3.8) is 0 Å². The van der Waals surface area contributed by atoms with Gasteiger partial charge in [-0.05, 0) is 25.8 Å². The summed E-state index contributed by atoms with van der Waals surface area (Å²) in [6.45, 7) is 3.39. The van der Waals surface area contributed by atoms with Crippen molar-refractivity contribution >= 4 is 0 Å². The van der Waals surface area contributed by atoms with Crippen molar-refractivity contribution in [2.75, 3.05) is 13.2 Å². The van der Waals surface area contributed by atoms with Gasteiger partial charge >= 0.3 is 0 Å². The van der Waals surface area contributed by atoms with Crippen LogP contribution in [0.25, 0.3) is 0 Å². The van der Waals surface area contributed by atoms with Gasteiger partial charge in [-0.25, -0.2) is 0 Å². The van der Waals surface area contributed by atoms with Gasteiger partial charge in [-0.3, -0.25) is 4.90 Å². The van der Waals surface area contributed by atoms with Crippen LogP contribution in [-0.2, 0) is 0 Å². The van der Waals surface area contributed by atoms with E-state index in [4.69, 9.17) is 10.4 Å². The molecule has 0 aromatic carbocycles. The van der Waals surface area contributed by atoms with Gasteiger partial charge in [0.15, 0.2) is 0 Å². The van der Waals surface area contributed by atoms with Crippen molar-refractivity contribution in [1.29, 1.82) is 5.26 Å². The Kier molecular flexibility index (Phi) is 4.20. The van der Waals surface area contributed by atoms with Gasteiger partial charge in [0.05, 0.1) is 19.1 Å². The molecule has 13 heavy (non-hydrogen) atoms. The molecule has 1 saturated heterocycles. The highest BCUT2D eigenvalue weighted by molar-refractivity contribution is 4.88. The SMILES string of the molecule is CCC(CC#N)N1CCC[C@@H]1CO.